The van der Waals surface area contributed by atoms with Crippen LogP contribution in [0.15, 0.2) is 6.07 Å². The molecule has 1 atom stereocenters. The topological polar surface area (TPSA) is 41.1 Å². The minimum Gasteiger partial charge on any atom is -0.366 e. The highest BCUT2D eigenvalue weighted by atomic mass is 35.5. The van der Waals surface area contributed by atoms with Gasteiger partial charge in [-0.3, -0.25) is 4.90 Å². The van der Waals surface area contributed by atoms with Crippen molar-refractivity contribution in [3.05, 3.63) is 17.0 Å². The average Bonchev–Trinajstić information content (AvgIpc) is 3.11. The molecular formula is C14H21ClN4. The summed E-state index contributed by atoms with van der Waals surface area (Å²) in [5.41, 5.74) is 0. The molecule has 5 heteroatoms. The van der Waals surface area contributed by atoms with Crippen molar-refractivity contribution in [1.82, 2.24) is 14.9 Å². The van der Waals surface area contributed by atoms with Crippen molar-refractivity contribution in [3.8, 4) is 0 Å². The Morgan fingerprint density at radius 1 is 1.37 bits per heavy atom. The van der Waals surface area contributed by atoms with Gasteiger partial charge in [0.1, 0.15) is 16.8 Å². The van der Waals surface area contributed by atoms with E-state index < -0.39 is 0 Å². The number of rotatable bonds is 5. The number of aromatic nitrogens is 2. The smallest absolute Gasteiger partial charge is 0.134 e. The summed E-state index contributed by atoms with van der Waals surface area (Å²) in [5.74, 6) is 1.72. The van der Waals surface area contributed by atoms with Crippen molar-refractivity contribution in [2.45, 2.75) is 51.1 Å². The number of aryl methyl sites for hydroxylation is 1. The van der Waals surface area contributed by atoms with Gasteiger partial charge < -0.3 is 5.32 Å². The van der Waals surface area contributed by atoms with Crippen LogP contribution in [0.25, 0.3) is 0 Å². The normalized spacial score (nSPS) is 23.8. The van der Waals surface area contributed by atoms with Crippen LogP contribution in [-0.2, 0) is 6.42 Å². The number of nitrogens with zero attached hydrogens (tertiary/aromatic N) is 3. The summed E-state index contributed by atoms with van der Waals surface area (Å²) in [6.45, 7) is 4.47. The first-order valence-electron chi connectivity index (χ1n) is 7.28. The third-order valence-corrected chi connectivity index (χ3v) is 4.04. The summed E-state index contributed by atoms with van der Waals surface area (Å²) in [5, 5.41) is 4.06. The maximum atomic E-state index is 6.06. The number of nitrogens with one attached hydrogen (secondary N) is 1. The van der Waals surface area contributed by atoms with Crippen LogP contribution in [0.1, 0.15) is 38.4 Å². The second kappa shape index (κ2) is 5.63. The van der Waals surface area contributed by atoms with Gasteiger partial charge in [0.25, 0.3) is 0 Å². The van der Waals surface area contributed by atoms with Crippen LogP contribution < -0.4 is 5.32 Å². The lowest BCUT2D eigenvalue weighted by molar-refractivity contribution is 0.326. The van der Waals surface area contributed by atoms with Crippen LogP contribution in [0.2, 0.25) is 5.15 Å². The van der Waals surface area contributed by atoms with E-state index in [1.165, 1.54) is 25.8 Å². The van der Waals surface area contributed by atoms with E-state index in [1.807, 2.05) is 6.07 Å². The van der Waals surface area contributed by atoms with Crippen molar-refractivity contribution in [3.63, 3.8) is 0 Å². The fraction of sp³-hybridized carbons (Fsp3) is 0.714. The monoisotopic (exact) mass is 280 g/mol. The zero-order valence-electron chi connectivity index (χ0n) is 11.4. The molecule has 2 heterocycles. The molecule has 1 aromatic heterocycles. The molecule has 3 rings (SSSR count). The van der Waals surface area contributed by atoms with E-state index in [1.54, 1.807) is 0 Å². The molecule has 1 N–H and O–H groups in total. The van der Waals surface area contributed by atoms with Gasteiger partial charge in [0.15, 0.2) is 0 Å². The number of anilines is 1. The fourth-order valence-corrected chi connectivity index (χ4v) is 2.96. The van der Waals surface area contributed by atoms with Gasteiger partial charge in [-0.25, -0.2) is 9.97 Å². The number of hydrogen-bond donors (Lipinski definition) is 1. The maximum Gasteiger partial charge on any atom is 0.134 e. The van der Waals surface area contributed by atoms with Gasteiger partial charge in [-0.15, -0.1) is 0 Å². The van der Waals surface area contributed by atoms with Crippen LogP contribution in [0.5, 0.6) is 0 Å². The second-order valence-electron chi connectivity index (χ2n) is 5.60. The van der Waals surface area contributed by atoms with Gasteiger partial charge in [0, 0.05) is 37.7 Å². The third kappa shape index (κ3) is 3.37. The Kier molecular flexibility index (Phi) is 3.89. The van der Waals surface area contributed by atoms with E-state index in [-0.39, 0.29) is 0 Å². The predicted octanol–water partition coefficient (Wildman–Crippen LogP) is 2.73. The summed E-state index contributed by atoms with van der Waals surface area (Å²) in [6, 6.07) is 3.19. The van der Waals surface area contributed by atoms with Crippen molar-refractivity contribution < 1.29 is 0 Å². The van der Waals surface area contributed by atoms with Gasteiger partial charge in [-0.1, -0.05) is 18.5 Å². The molecule has 0 spiro atoms. The van der Waals surface area contributed by atoms with E-state index in [2.05, 4.69) is 27.1 Å². The molecule has 1 aliphatic carbocycles. The van der Waals surface area contributed by atoms with Gasteiger partial charge in [0.2, 0.25) is 0 Å². The standard InChI is InChI=1S/C14H21ClN4/c1-2-3-13-17-12(15)8-14(18-13)16-10-6-7-19(9-10)11-4-5-11/h8,10-11H,2-7,9H2,1H3,(H,16,17,18). The number of halogens is 1. The lowest BCUT2D eigenvalue weighted by atomic mass is 10.2. The Hall–Kier alpha value is -0.870. The maximum absolute atomic E-state index is 6.06. The Morgan fingerprint density at radius 2 is 2.21 bits per heavy atom. The number of likely N-dealkylation sites (tertiary alicyclic amines) is 1. The largest absolute Gasteiger partial charge is 0.366 e. The van der Waals surface area contributed by atoms with E-state index in [0.29, 0.717) is 11.2 Å². The highest BCUT2D eigenvalue weighted by Gasteiger charge is 2.34. The zero-order chi connectivity index (χ0) is 13.2. The van der Waals surface area contributed by atoms with Crippen molar-refractivity contribution in [2.24, 2.45) is 0 Å². The summed E-state index contributed by atoms with van der Waals surface area (Å²) in [4.78, 5) is 11.4. The summed E-state index contributed by atoms with van der Waals surface area (Å²) in [6.07, 6.45) is 5.88. The van der Waals surface area contributed by atoms with E-state index in [4.69, 9.17) is 11.6 Å². The fourth-order valence-electron chi connectivity index (χ4n) is 2.76. The molecule has 19 heavy (non-hydrogen) atoms. The Labute approximate surface area is 119 Å². The molecular weight excluding hydrogens is 260 g/mol. The lowest BCUT2D eigenvalue weighted by Gasteiger charge is -2.16. The first kappa shape index (κ1) is 13.1. The van der Waals surface area contributed by atoms with E-state index in [0.717, 1.165) is 37.1 Å². The predicted molar refractivity (Wildman–Crippen MR) is 77.7 cm³/mol. The summed E-state index contributed by atoms with van der Waals surface area (Å²) < 4.78 is 0. The molecule has 2 aliphatic rings. The first-order valence-corrected chi connectivity index (χ1v) is 7.66. The van der Waals surface area contributed by atoms with Crippen LogP contribution in [0.4, 0.5) is 5.82 Å². The van der Waals surface area contributed by atoms with Gasteiger partial charge in [-0.05, 0) is 25.7 Å². The minimum absolute atomic E-state index is 0.501. The molecule has 104 valence electrons. The molecule has 0 radical (unpaired) electrons. The van der Waals surface area contributed by atoms with Crippen molar-refractivity contribution >= 4 is 17.4 Å². The van der Waals surface area contributed by atoms with Gasteiger partial charge >= 0.3 is 0 Å². The van der Waals surface area contributed by atoms with Crippen LogP contribution in [0, 0.1) is 0 Å². The third-order valence-electron chi connectivity index (χ3n) is 3.85. The lowest BCUT2D eigenvalue weighted by Crippen LogP contribution is -2.28. The molecule has 1 saturated carbocycles. The average molecular weight is 281 g/mol. The zero-order valence-corrected chi connectivity index (χ0v) is 12.2. The van der Waals surface area contributed by atoms with E-state index in [9.17, 15) is 0 Å². The SMILES string of the molecule is CCCc1nc(Cl)cc(NC2CCN(C3CC3)C2)n1. The van der Waals surface area contributed by atoms with Gasteiger partial charge in [0.05, 0.1) is 0 Å². The van der Waals surface area contributed by atoms with Crippen LogP contribution in [0.3, 0.4) is 0 Å². The second-order valence-corrected chi connectivity index (χ2v) is 5.99. The molecule has 0 amide bonds. The first-order chi connectivity index (χ1) is 9.24. The summed E-state index contributed by atoms with van der Waals surface area (Å²) in [7, 11) is 0. The molecule has 1 aromatic rings. The van der Waals surface area contributed by atoms with Crippen molar-refractivity contribution in [1.29, 1.82) is 0 Å². The Morgan fingerprint density at radius 3 is 2.95 bits per heavy atom. The molecule has 0 bridgehead atoms. The molecule has 0 aromatic carbocycles. The Bertz CT molecular complexity index is 447. The molecule has 1 aliphatic heterocycles. The highest BCUT2D eigenvalue weighted by Crippen LogP contribution is 2.30. The van der Waals surface area contributed by atoms with Gasteiger partial charge in [-0.2, -0.15) is 0 Å². The molecule has 1 unspecified atom stereocenters. The van der Waals surface area contributed by atoms with E-state index >= 15 is 0 Å². The minimum atomic E-state index is 0.501. The van der Waals surface area contributed by atoms with Crippen LogP contribution >= 0.6 is 11.6 Å². The van der Waals surface area contributed by atoms with Crippen molar-refractivity contribution in [2.75, 3.05) is 18.4 Å². The quantitative estimate of drug-likeness (QED) is 0.842. The molecule has 4 nitrogen and oxygen atoms in total. The Balaban J connectivity index is 1.62. The highest BCUT2D eigenvalue weighted by molar-refractivity contribution is 6.29. The van der Waals surface area contributed by atoms with Crippen LogP contribution in [-0.4, -0.2) is 40.0 Å². The number of hydrogen-bond acceptors (Lipinski definition) is 4. The summed E-state index contributed by atoms with van der Waals surface area (Å²) >= 11 is 6.06. The molecule has 1 saturated heterocycles. The molecule has 2 fully saturated rings.